The van der Waals surface area contributed by atoms with Crippen LogP contribution in [0, 0.1) is 5.92 Å². The minimum absolute atomic E-state index is 0.264. The number of carbonyl (C=O) groups excluding carboxylic acids is 1. The van der Waals surface area contributed by atoms with Crippen molar-refractivity contribution < 1.29 is 19.0 Å². The molecule has 1 N–H and O–H groups in total. The van der Waals surface area contributed by atoms with E-state index in [0.29, 0.717) is 68.4 Å². The molecule has 8 nitrogen and oxygen atoms in total. The van der Waals surface area contributed by atoms with Crippen molar-refractivity contribution in [2.45, 2.75) is 27.1 Å². The molecule has 2 heterocycles. The van der Waals surface area contributed by atoms with Crippen LogP contribution in [0.3, 0.4) is 0 Å². The summed E-state index contributed by atoms with van der Waals surface area (Å²) in [5.41, 5.74) is 4.58. The molecule has 1 amide bonds. The Balaban J connectivity index is 1.37. The molecule has 0 atom stereocenters. The van der Waals surface area contributed by atoms with E-state index in [2.05, 4.69) is 15.1 Å². The molecule has 1 aromatic heterocycles. The summed E-state index contributed by atoms with van der Waals surface area (Å²) in [6.07, 6.45) is 1.54. The molecule has 9 heteroatoms. The molecule has 1 aliphatic heterocycles. The highest BCUT2D eigenvalue weighted by Gasteiger charge is 2.26. The number of benzene rings is 3. The number of aromatic amines is 1. The first-order valence-electron chi connectivity index (χ1n) is 13.9. The van der Waals surface area contributed by atoms with Crippen LogP contribution in [0.5, 0.6) is 11.5 Å². The smallest absolute Gasteiger partial charge is 0.409 e. The second-order valence-electron chi connectivity index (χ2n) is 10.4. The van der Waals surface area contributed by atoms with E-state index in [1.165, 1.54) is 0 Å². The average molecular weight is 575 g/mol. The summed E-state index contributed by atoms with van der Waals surface area (Å²) in [7, 11) is 0. The molecular formula is C32H35ClN4O4. The van der Waals surface area contributed by atoms with Crippen molar-refractivity contribution in [2.75, 3.05) is 37.7 Å². The van der Waals surface area contributed by atoms with Gasteiger partial charge >= 0.3 is 6.09 Å². The number of amides is 1. The molecular weight excluding hydrogens is 540 g/mol. The zero-order valence-corrected chi connectivity index (χ0v) is 24.1. The van der Waals surface area contributed by atoms with Crippen molar-refractivity contribution in [3.8, 4) is 22.8 Å². The first kappa shape index (κ1) is 28.4. The molecule has 5 rings (SSSR count). The molecule has 3 aromatic carbocycles. The monoisotopic (exact) mass is 574 g/mol. The Bertz CT molecular complexity index is 1420. The van der Waals surface area contributed by atoms with Gasteiger partial charge < -0.3 is 24.0 Å². The van der Waals surface area contributed by atoms with Crippen LogP contribution in [-0.4, -0.2) is 54.0 Å². The number of hydrogen-bond acceptors (Lipinski definition) is 6. The van der Waals surface area contributed by atoms with Crippen molar-refractivity contribution in [1.29, 1.82) is 0 Å². The largest absolute Gasteiger partial charge is 0.488 e. The van der Waals surface area contributed by atoms with E-state index in [1.807, 2.05) is 86.6 Å². The van der Waals surface area contributed by atoms with Gasteiger partial charge in [0.2, 0.25) is 0 Å². The number of nitrogens with one attached hydrogen (secondary N) is 1. The van der Waals surface area contributed by atoms with Gasteiger partial charge in [0.05, 0.1) is 29.2 Å². The molecule has 41 heavy (non-hydrogen) atoms. The van der Waals surface area contributed by atoms with Gasteiger partial charge in [-0.25, -0.2) is 4.79 Å². The Hall–Kier alpha value is -4.17. The van der Waals surface area contributed by atoms with E-state index < -0.39 is 0 Å². The van der Waals surface area contributed by atoms with Crippen LogP contribution in [0.4, 0.5) is 10.5 Å². The molecule has 0 aliphatic carbocycles. The summed E-state index contributed by atoms with van der Waals surface area (Å²) in [6.45, 7) is 7.66. The number of carbonyl (C=O) groups is 1. The maximum Gasteiger partial charge on any atom is 0.409 e. The van der Waals surface area contributed by atoms with Crippen LogP contribution in [-0.2, 0) is 18.0 Å². The van der Waals surface area contributed by atoms with E-state index in [9.17, 15) is 4.79 Å². The fraction of sp³-hybridized carbons (Fsp3) is 0.312. The fourth-order valence-corrected chi connectivity index (χ4v) is 4.83. The molecule has 0 spiro atoms. The lowest BCUT2D eigenvalue weighted by molar-refractivity contribution is 0.0901. The number of H-pyrrole nitrogens is 1. The van der Waals surface area contributed by atoms with Gasteiger partial charge in [-0.15, -0.1) is 0 Å². The number of rotatable bonds is 10. The van der Waals surface area contributed by atoms with Gasteiger partial charge in [0.1, 0.15) is 24.7 Å². The molecule has 0 saturated carbocycles. The van der Waals surface area contributed by atoms with Crippen molar-refractivity contribution in [3.05, 3.63) is 95.1 Å². The Labute approximate surface area is 245 Å². The Morgan fingerprint density at radius 2 is 1.51 bits per heavy atom. The second-order valence-corrected chi connectivity index (χ2v) is 10.8. The second kappa shape index (κ2) is 13.5. The van der Waals surface area contributed by atoms with Gasteiger partial charge in [-0.2, -0.15) is 5.10 Å². The topological polar surface area (TPSA) is 79.9 Å². The highest BCUT2D eigenvalue weighted by Crippen LogP contribution is 2.42. The molecule has 0 radical (unpaired) electrons. The Morgan fingerprint density at radius 1 is 0.902 bits per heavy atom. The van der Waals surface area contributed by atoms with Gasteiger partial charge in [-0.1, -0.05) is 86.1 Å². The van der Waals surface area contributed by atoms with Crippen molar-refractivity contribution in [3.63, 3.8) is 0 Å². The third-order valence-corrected chi connectivity index (χ3v) is 7.11. The minimum atomic E-state index is -0.264. The lowest BCUT2D eigenvalue weighted by atomic mass is 10.1. The standard InChI is InChI=1S/C32H35ClN4O4/c1-23(2)20-41-32(38)37-15-13-36(14-16-37)28-19-34-35-31(28)26-17-27(33)30(40-22-25-11-7-4-8-12-25)18-29(26)39-21-24-9-5-3-6-10-24/h3-12,17-19,23H,13-16,20-22H2,1-2H3,(H,34,35). The van der Waals surface area contributed by atoms with Crippen LogP contribution < -0.4 is 14.4 Å². The van der Waals surface area contributed by atoms with Gasteiger partial charge in [-0.3, -0.25) is 5.10 Å². The Morgan fingerprint density at radius 3 is 2.12 bits per heavy atom. The summed E-state index contributed by atoms with van der Waals surface area (Å²) >= 11 is 6.76. The first-order valence-corrected chi connectivity index (χ1v) is 14.2. The molecule has 1 aliphatic rings. The van der Waals surface area contributed by atoms with Crippen molar-refractivity contribution >= 4 is 23.4 Å². The number of halogens is 1. The normalized spacial score (nSPS) is 13.4. The van der Waals surface area contributed by atoms with E-state index in [0.717, 1.165) is 28.1 Å². The zero-order chi connectivity index (χ0) is 28.6. The summed E-state index contributed by atoms with van der Waals surface area (Å²) < 4.78 is 17.9. The van der Waals surface area contributed by atoms with Crippen LogP contribution in [0.15, 0.2) is 79.0 Å². The van der Waals surface area contributed by atoms with Crippen molar-refractivity contribution in [1.82, 2.24) is 15.1 Å². The molecule has 1 saturated heterocycles. The van der Waals surface area contributed by atoms with E-state index in [4.69, 9.17) is 25.8 Å². The first-order chi connectivity index (χ1) is 20.0. The number of piperazine rings is 1. The minimum Gasteiger partial charge on any atom is -0.488 e. The van der Waals surface area contributed by atoms with Crippen molar-refractivity contribution in [2.24, 2.45) is 5.92 Å². The van der Waals surface area contributed by atoms with Gasteiger partial charge in [0, 0.05) is 37.8 Å². The van der Waals surface area contributed by atoms with Crippen LogP contribution in [0.2, 0.25) is 5.02 Å². The summed E-state index contributed by atoms with van der Waals surface area (Å²) in [5, 5.41) is 7.99. The maximum atomic E-state index is 12.5. The van der Waals surface area contributed by atoms with Gasteiger partial charge in [0.25, 0.3) is 0 Å². The lowest BCUT2D eigenvalue weighted by Gasteiger charge is -2.35. The summed E-state index contributed by atoms with van der Waals surface area (Å²) in [5.74, 6) is 1.47. The molecule has 0 unspecified atom stereocenters. The van der Waals surface area contributed by atoms with Crippen LogP contribution in [0.25, 0.3) is 11.3 Å². The third-order valence-electron chi connectivity index (χ3n) is 6.82. The van der Waals surface area contributed by atoms with Gasteiger partial charge in [-0.05, 0) is 23.1 Å². The quantitative estimate of drug-likeness (QED) is 0.224. The highest BCUT2D eigenvalue weighted by molar-refractivity contribution is 6.32. The maximum absolute atomic E-state index is 12.5. The SMILES string of the molecule is CC(C)COC(=O)N1CCN(c2cn[nH]c2-c2cc(Cl)c(OCc3ccccc3)cc2OCc2ccccc2)CC1. The number of nitrogens with zero attached hydrogens (tertiary/aromatic N) is 3. The van der Waals surface area contributed by atoms with Crippen LogP contribution >= 0.6 is 11.6 Å². The number of hydrogen-bond donors (Lipinski definition) is 1. The lowest BCUT2D eigenvalue weighted by Crippen LogP contribution is -2.49. The predicted octanol–water partition coefficient (Wildman–Crippen LogP) is 6.80. The van der Waals surface area contributed by atoms with E-state index >= 15 is 0 Å². The molecule has 1 fully saturated rings. The molecule has 4 aromatic rings. The number of aromatic nitrogens is 2. The number of anilines is 1. The summed E-state index contributed by atoms with van der Waals surface area (Å²) in [4.78, 5) is 16.4. The zero-order valence-electron chi connectivity index (χ0n) is 23.4. The molecule has 214 valence electrons. The number of ether oxygens (including phenoxy) is 3. The van der Waals surface area contributed by atoms with E-state index in [-0.39, 0.29) is 6.09 Å². The Kier molecular flexibility index (Phi) is 9.31. The predicted molar refractivity (Wildman–Crippen MR) is 161 cm³/mol. The summed E-state index contributed by atoms with van der Waals surface area (Å²) in [6, 6.07) is 23.7. The third kappa shape index (κ3) is 7.32. The van der Waals surface area contributed by atoms with Gasteiger partial charge in [0.15, 0.2) is 0 Å². The van der Waals surface area contributed by atoms with Crippen LogP contribution in [0.1, 0.15) is 25.0 Å². The van der Waals surface area contributed by atoms with E-state index in [1.54, 1.807) is 11.1 Å². The average Bonchev–Trinajstić information content (AvgIpc) is 3.49. The highest BCUT2D eigenvalue weighted by atomic mass is 35.5. The fourth-order valence-electron chi connectivity index (χ4n) is 4.61. The molecule has 0 bridgehead atoms.